The fraction of sp³-hybridized carbons (Fsp3) is 0.545. The molecule has 2 heteroatoms. The molecule has 0 aliphatic heterocycles. The molecule has 0 atom stereocenters. The van der Waals surface area contributed by atoms with E-state index in [1.807, 2.05) is 12.3 Å². The Labute approximate surface area is 79.4 Å². The first-order valence-corrected chi connectivity index (χ1v) is 5.00. The van der Waals surface area contributed by atoms with Gasteiger partial charge in [0.05, 0.1) is 5.69 Å². The molecule has 1 aromatic heterocycles. The highest BCUT2D eigenvalue weighted by molar-refractivity contribution is 5.17. The topological polar surface area (TPSA) is 24.9 Å². The van der Waals surface area contributed by atoms with Crippen LogP contribution in [0.5, 0.6) is 0 Å². The fourth-order valence-corrected chi connectivity index (χ4v) is 1.56. The second-order valence-corrected chi connectivity index (χ2v) is 3.78. The molecule has 0 radical (unpaired) electrons. The Kier molecular flexibility index (Phi) is 2.60. The zero-order valence-corrected chi connectivity index (χ0v) is 8.09. The van der Waals surface area contributed by atoms with E-state index in [0.717, 1.165) is 12.6 Å². The van der Waals surface area contributed by atoms with E-state index in [4.69, 9.17) is 0 Å². The molecule has 2 nitrogen and oxygen atoms in total. The molecule has 13 heavy (non-hydrogen) atoms. The maximum Gasteiger partial charge on any atom is 0.0570 e. The molecule has 1 aliphatic rings. The van der Waals surface area contributed by atoms with Crippen molar-refractivity contribution >= 4 is 0 Å². The average molecular weight is 176 g/mol. The van der Waals surface area contributed by atoms with Crippen LogP contribution >= 0.6 is 0 Å². The molecule has 0 spiro atoms. The molecule has 0 amide bonds. The van der Waals surface area contributed by atoms with Crippen molar-refractivity contribution in [3.05, 3.63) is 29.6 Å². The van der Waals surface area contributed by atoms with E-state index in [1.54, 1.807) is 0 Å². The molecule has 2 rings (SSSR count). The van der Waals surface area contributed by atoms with Crippen molar-refractivity contribution in [2.45, 2.75) is 38.8 Å². The maximum absolute atomic E-state index is 4.35. The third-order valence-electron chi connectivity index (χ3n) is 2.78. The summed E-state index contributed by atoms with van der Waals surface area (Å²) in [5.41, 5.74) is 2.48. The van der Waals surface area contributed by atoms with Crippen LogP contribution in [-0.4, -0.2) is 11.0 Å². The van der Waals surface area contributed by atoms with Crippen LogP contribution in [0, 0.1) is 6.92 Å². The van der Waals surface area contributed by atoms with E-state index in [9.17, 15) is 0 Å². The molecule has 0 aromatic carbocycles. The van der Waals surface area contributed by atoms with Gasteiger partial charge in [0.25, 0.3) is 0 Å². The number of nitrogens with one attached hydrogen (secondary N) is 1. The minimum absolute atomic E-state index is 0.751. The maximum atomic E-state index is 4.35. The molecule has 0 unspecified atom stereocenters. The third kappa shape index (κ3) is 2.07. The SMILES string of the molecule is Cc1cccnc1CNC1CCC1. The van der Waals surface area contributed by atoms with Gasteiger partial charge >= 0.3 is 0 Å². The van der Waals surface area contributed by atoms with Gasteiger partial charge < -0.3 is 5.32 Å². The lowest BCUT2D eigenvalue weighted by Gasteiger charge is -2.26. The minimum atomic E-state index is 0.751. The van der Waals surface area contributed by atoms with Crippen molar-refractivity contribution in [1.82, 2.24) is 10.3 Å². The summed E-state index contributed by atoms with van der Waals surface area (Å²) < 4.78 is 0. The summed E-state index contributed by atoms with van der Waals surface area (Å²) in [4.78, 5) is 4.35. The largest absolute Gasteiger partial charge is 0.308 e. The molecular formula is C11H16N2. The molecule has 1 saturated carbocycles. The number of aromatic nitrogens is 1. The van der Waals surface area contributed by atoms with Gasteiger partial charge in [0, 0.05) is 18.8 Å². The standard InChI is InChI=1S/C11H16N2/c1-9-4-3-7-12-11(9)8-13-10-5-2-6-10/h3-4,7,10,13H,2,5-6,8H2,1H3. The van der Waals surface area contributed by atoms with Gasteiger partial charge in [-0.2, -0.15) is 0 Å². The van der Waals surface area contributed by atoms with E-state index in [1.165, 1.54) is 30.5 Å². The van der Waals surface area contributed by atoms with Gasteiger partial charge in [-0.05, 0) is 31.4 Å². The number of aryl methyl sites for hydroxylation is 1. The van der Waals surface area contributed by atoms with E-state index < -0.39 is 0 Å². The fourth-order valence-electron chi connectivity index (χ4n) is 1.56. The van der Waals surface area contributed by atoms with Gasteiger partial charge in [-0.25, -0.2) is 0 Å². The summed E-state index contributed by atoms with van der Waals surface area (Å²) in [5.74, 6) is 0. The Bertz CT molecular complexity index is 279. The van der Waals surface area contributed by atoms with Crippen molar-refractivity contribution in [3.63, 3.8) is 0 Å². The summed E-state index contributed by atoms with van der Waals surface area (Å²) >= 11 is 0. The molecule has 1 aliphatic carbocycles. The number of hydrogen-bond acceptors (Lipinski definition) is 2. The molecule has 0 saturated heterocycles. The average Bonchev–Trinajstić information content (AvgIpc) is 2.05. The van der Waals surface area contributed by atoms with Crippen LogP contribution in [0.3, 0.4) is 0 Å². The lowest BCUT2D eigenvalue weighted by Crippen LogP contribution is -2.34. The number of nitrogens with zero attached hydrogens (tertiary/aromatic N) is 1. The monoisotopic (exact) mass is 176 g/mol. The second kappa shape index (κ2) is 3.88. The van der Waals surface area contributed by atoms with E-state index >= 15 is 0 Å². The van der Waals surface area contributed by atoms with E-state index in [0.29, 0.717) is 0 Å². The Morgan fingerprint density at radius 1 is 1.54 bits per heavy atom. The highest BCUT2D eigenvalue weighted by Gasteiger charge is 2.16. The zero-order valence-electron chi connectivity index (χ0n) is 8.09. The van der Waals surface area contributed by atoms with Crippen molar-refractivity contribution in [2.24, 2.45) is 0 Å². The summed E-state index contributed by atoms with van der Waals surface area (Å²) in [5, 5.41) is 3.51. The quantitative estimate of drug-likeness (QED) is 0.762. The van der Waals surface area contributed by atoms with Crippen molar-refractivity contribution < 1.29 is 0 Å². The summed E-state index contributed by atoms with van der Waals surface area (Å²) in [6, 6.07) is 4.86. The number of hydrogen-bond donors (Lipinski definition) is 1. The van der Waals surface area contributed by atoms with Gasteiger partial charge in [0.1, 0.15) is 0 Å². The predicted molar refractivity (Wildman–Crippen MR) is 53.5 cm³/mol. The first-order chi connectivity index (χ1) is 6.36. The van der Waals surface area contributed by atoms with Crippen LogP contribution in [-0.2, 0) is 6.54 Å². The van der Waals surface area contributed by atoms with Gasteiger partial charge in [-0.1, -0.05) is 12.5 Å². The van der Waals surface area contributed by atoms with Gasteiger partial charge in [0.15, 0.2) is 0 Å². The first-order valence-electron chi connectivity index (χ1n) is 5.00. The Hall–Kier alpha value is -0.890. The Morgan fingerprint density at radius 2 is 2.38 bits per heavy atom. The van der Waals surface area contributed by atoms with E-state index in [2.05, 4.69) is 23.3 Å². The number of pyridine rings is 1. The molecule has 70 valence electrons. The summed E-state index contributed by atoms with van der Waals surface area (Å²) in [6.07, 6.45) is 5.93. The number of rotatable bonds is 3. The molecule has 1 N–H and O–H groups in total. The Morgan fingerprint density at radius 3 is 3.00 bits per heavy atom. The highest BCUT2D eigenvalue weighted by atomic mass is 14.9. The smallest absolute Gasteiger partial charge is 0.0570 e. The molecule has 1 aromatic rings. The second-order valence-electron chi connectivity index (χ2n) is 3.78. The van der Waals surface area contributed by atoms with Crippen LogP contribution in [0.15, 0.2) is 18.3 Å². The summed E-state index contributed by atoms with van der Waals surface area (Å²) in [6.45, 7) is 3.04. The minimum Gasteiger partial charge on any atom is -0.308 e. The Balaban J connectivity index is 1.89. The van der Waals surface area contributed by atoms with E-state index in [-0.39, 0.29) is 0 Å². The zero-order chi connectivity index (χ0) is 9.10. The van der Waals surface area contributed by atoms with Crippen LogP contribution in [0.2, 0.25) is 0 Å². The third-order valence-corrected chi connectivity index (χ3v) is 2.78. The van der Waals surface area contributed by atoms with Gasteiger partial charge in [0.2, 0.25) is 0 Å². The van der Waals surface area contributed by atoms with Crippen molar-refractivity contribution in [2.75, 3.05) is 0 Å². The van der Waals surface area contributed by atoms with Crippen LogP contribution in [0.1, 0.15) is 30.5 Å². The molecule has 0 bridgehead atoms. The van der Waals surface area contributed by atoms with Gasteiger partial charge in [-0.3, -0.25) is 4.98 Å². The van der Waals surface area contributed by atoms with Crippen molar-refractivity contribution in [1.29, 1.82) is 0 Å². The molecule has 1 fully saturated rings. The molecule has 1 heterocycles. The van der Waals surface area contributed by atoms with Crippen LogP contribution in [0.4, 0.5) is 0 Å². The summed E-state index contributed by atoms with van der Waals surface area (Å²) in [7, 11) is 0. The first kappa shape index (κ1) is 8.70. The lowest BCUT2D eigenvalue weighted by molar-refractivity contribution is 0.336. The van der Waals surface area contributed by atoms with Crippen LogP contribution < -0.4 is 5.32 Å². The molecular weight excluding hydrogens is 160 g/mol. The van der Waals surface area contributed by atoms with Gasteiger partial charge in [-0.15, -0.1) is 0 Å². The van der Waals surface area contributed by atoms with Crippen molar-refractivity contribution in [3.8, 4) is 0 Å². The predicted octanol–water partition coefficient (Wildman–Crippen LogP) is 2.03. The lowest BCUT2D eigenvalue weighted by atomic mass is 9.93. The highest BCUT2D eigenvalue weighted by Crippen LogP contribution is 2.18. The van der Waals surface area contributed by atoms with Crippen LogP contribution in [0.25, 0.3) is 0 Å². The normalized spacial score (nSPS) is 17.0.